The average Bonchev–Trinajstić information content (AvgIpc) is 2.92. The van der Waals surface area contributed by atoms with E-state index in [1.165, 1.54) is 6.42 Å². The van der Waals surface area contributed by atoms with E-state index in [1.807, 2.05) is 14.0 Å². The molecule has 1 saturated heterocycles. The molecule has 0 saturated carbocycles. The summed E-state index contributed by atoms with van der Waals surface area (Å²) in [6, 6.07) is 3.96. The van der Waals surface area contributed by atoms with E-state index in [9.17, 15) is 4.79 Å². The fraction of sp³-hybridized carbons (Fsp3) is 0.600. The van der Waals surface area contributed by atoms with E-state index in [-0.39, 0.29) is 5.91 Å². The number of hydrazine groups is 1. The molecule has 1 aliphatic rings. The summed E-state index contributed by atoms with van der Waals surface area (Å²) < 4.78 is 0. The zero-order valence-corrected chi connectivity index (χ0v) is 13.1. The number of aryl methyl sites for hydroxylation is 1. The molecule has 6 nitrogen and oxygen atoms in total. The summed E-state index contributed by atoms with van der Waals surface area (Å²) >= 11 is 0. The molecule has 21 heavy (non-hydrogen) atoms. The minimum Gasteiger partial charge on any atom is -0.340 e. The molecule has 1 fully saturated rings. The van der Waals surface area contributed by atoms with Gasteiger partial charge in [0.1, 0.15) is 5.82 Å². The standard InChI is InChI=1S/C15H25N5O/c1-4-20-7-5-6-13(20)10-19(3)15(21)12-8-11(2)17-14(9-12)18-16/h8-9,13H,4-7,10,16H2,1-3H3,(H,17,18). The highest BCUT2D eigenvalue weighted by molar-refractivity contribution is 5.94. The maximum atomic E-state index is 12.6. The number of amides is 1. The smallest absolute Gasteiger partial charge is 0.253 e. The van der Waals surface area contributed by atoms with Crippen LogP contribution in [0.4, 0.5) is 5.82 Å². The van der Waals surface area contributed by atoms with Gasteiger partial charge in [-0.25, -0.2) is 10.8 Å². The molecule has 1 aliphatic heterocycles. The second-order valence-corrected chi connectivity index (χ2v) is 5.64. The molecule has 2 heterocycles. The topological polar surface area (TPSA) is 74.5 Å². The molecular formula is C15H25N5O. The summed E-state index contributed by atoms with van der Waals surface area (Å²) in [6.45, 7) is 6.97. The fourth-order valence-electron chi connectivity index (χ4n) is 3.00. The van der Waals surface area contributed by atoms with Crippen LogP contribution in [0.3, 0.4) is 0 Å². The van der Waals surface area contributed by atoms with Gasteiger partial charge < -0.3 is 10.3 Å². The first kappa shape index (κ1) is 15.7. The number of nitrogens with one attached hydrogen (secondary N) is 1. The van der Waals surface area contributed by atoms with Crippen molar-refractivity contribution in [2.45, 2.75) is 32.7 Å². The number of nitrogens with two attached hydrogens (primary N) is 1. The van der Waals surface area contributed by atoms with Gasteiger partial charge in [0, 0.05) is 30.9 Å². The Kier molecular flexibility index (Phi) is 5.14. The Balaban J connectivity index is 2.07. The largest absolute Gasteiger partial charge is 0.340 e. The van der Waals surface area contributed by atoms with Gasteiger partial charge in [-0.15, -0.1) is 0 Å². The molecule has 1 amide bonds. The van der Waals surface area contributed by atoms with Crippen LogP contribution in [0.5, 0.6) is 0 Å². The summed E-state index contributed by atoms with van der Waals surface area (Å²) in [6.07, 6.45) is 2.38. The number of nitrogen functional groups attached to an aromatic ring is 1. The number of nitrogens with zero attached hydrogens (tertiary/aromatic N) is 3. The summed E-state index contributed by atoms with van der Waals surface area (Å²) in [5.74, 6) is 5.92. The number of hydrogen-bond donors (Lipinski definition) is 2. The number of carbonyl (C=O) groups is 1. The third-order valence-corrected chi connectivity index (χ3v) is 4.08. The number of likely N-dealkylation sites (tertiary alicyclic amines) is 1. The molecule has 1 aromatic heterocycles. The van der Waals surface area contributed by atoms with Crippen LogP contribution in [0, 0.1) is 6.92 Å². The molecule has 0 aliphatic carbocycles. The van der Waals surface area contributed by atoms with Crippen LogP contribution in [0.1, 0.15) is 35.8 Å². The van der Waals surface area contributed by atoms with E-state index in [4.69, 9.17) is 5.84 Å². The lowest BCUT2D eigenvalue weighted by molar-refractivity contribution is 0.0754. The molecule has 0 radical (unpaired) electrons. The van der Waals surface area contributed by atoms with Crippen molar-refractivity contribution in [2.24, 2.45) is 5.84 Å². The Morgan fingerprint density at radius 1 is 1.57 bits per heavy atom. The molecule has 1 unspecified atom stereocenters. The lowest BCUT2D eigenvalue weighted by atomic mass is 10.1. The molecule has 3 N–H and O–H groups in total. The average molecular weight is 291 g/mol. The van der Waals surface area contributed by atoms with Gasteiger partial charge >= 0.3 is 0 Å². The highest BCUT2D eigenvalue weighted by Crippen LogP contribution is 2.18. The molecule has 1 atom stereocenters. The number of carbonyl (C=O) groups excluding carboxylic acids is 1. The SMILES string of the molecule is CCN1CCCC1CN(C)C(=O)c1cc(C)nc(NN)c1. The minimum absolute atomic E-state index is 0.0138. The van der Waals surface area contributed by atoms with Gasteiger partial charge in [-0.2, -0.15) is 0 Å². The van der Waals surface area contributed by atoms with Crippen molar-refractivity contribution < 1.29 is 4.79 Å². The number of hydrogen-bond acceptors (Lipinski definition) is 5. The van der Waals surface area contributed by atoms with Crippen LogP contribution in [0.25, 0.3) is 0 Å². The first-order chi connectivity index (χ1) is 10.0. The van der Waals surface area contributed by atoms with Gasteiger partial charge in [-0.1, -0.05) is 6.92 Å². The number of anilines is 1. The van der Waals surface area contributed by atoms with Crippen LogP contribution in [-0.2, 0) is 0 Å². The van der Waals surface area contributed by atoms with Crippen LogP contribution in [0.15, 0.2) is 12.1 Å². The molecule has 1 aromatic rings. The Bertz CT molecular complexity index is 505. The highest BCUT2D eigenvalue weighted by atomic mass is 16.2. The van der Waals surface area contributed by atoms with Crippen LogP contribution in [0.2, 0.25) is 0 Å². The Morgan fingerprint density at radius 2 is 2.33 bits per heavy atom. The third kappa shape index (κ3) is 3.71. The van der Waals surface area contributed by atoms with Crippen molar-refractivity contribution in [3.63, 3.8) is 0 Å². The summed E-state index contributed by atoms with van der Waals surface area (Å²) in [5.41, 5.74) is 3.90. The van der Waals surface area contributed by atoms with E-state index in [0.717, 1.165) is 31.7 Å². The van der Waals surface area contributed by atoms with Crippen molar-refractivity contribution in [1.82, 2.24) is 14.8 Å². The van der Waals surface area contributed by atoms with Crippen LogP contribution < -0.4 is 11.3 Å². The van der Waals surface area contributed by atoms with Gasteiger partial charge in [0.15, 0.2) is 0 Å². The first-order valence-corrected chi connectivity index (χ1v) is 7.50. The van der Waals surface area contributed by atoms with E-state index in [1.54, 1.807) is 17.0 Å². The lowest BCUT2D eigenvalue weighted by Crippen LogP contribution is -2.41. The Hall–Kier alpha value is -1.66. The maximum absolute atomic E-state index is 12.6. The van der Waals surface area contributed by atoms with Crippen molar-refractivity contribution in [3.05, 3.63) is 23.4 Å². The van der Waals surface area contributed by atoms with E-state index in [0.29, 0.717) is 17.4 Å². The summed E-state index contributed by atoms with van der Waals surface area (Å²) in [5, 5.41) is 0. The number of likely N-dealkylation sites (N-methyl/N-ethyl adjacent to an activating group) is 2. The highest BCUT2D eigenvalue weighted by Gasteiger charge is 2.26. The summed E-state index contributed by atoms with van der Waals surface area (Å²) in [7, 11) is 1.86. The molecule has 116 valence electrons. The summed E-state index contributed by atoms with van der Waals surface area (Å²) in [4.78, 5) is 21.0. The first-order valence-electron chi connectivity index (χ1n) is 7.50. The fourth-order valence-corrected chi connectivity index (χ4v) is 3.00. The predicted octanol–water partition coefficient (Wildman–Crippen LogP) is 1.23. The number of aromatic nitrogens is 1. The van der Waals surface area contributed by atoms with Gasteiger partial charge in [0.2, 0.25) is 0 Å². The number of pyridine rings is 1. The monoisotopic (exact) mass is 291 g/mol. The molecule has 0 aromatic carbocycles. The van der Waals surface area contributed by atoms with E-state index in [2.05, 4.69) is 22.2 Å². The van der Waals surface area contributed by atoms with Crippen molar-refractivity contribution in [1.29, 1.82) is 0 Å². The van der Waals surface area contributed by atoms with Crippen molar-refractivity contribution in [2.75, 3.05) is 32.1 Å². The zero-order chi connectivity index (χ0) is 15.4. The van der Waals surface area contributed by atoms with Gasteiger partial charge in [-0.05, 0) is 45.0 Å². The van der Waals surface area contributed by atoms with E-state index >= 15 is 0 Å². The molecule has 0 bridgehead atoms. The van der Waals surface area contributed by atoms with Gasteiger partial charge in [0.05, 0.1) is 0 Å². The van der Waals surface area contributed by atoms with Crippen LogP contribution in [-0.4, -0.2) is 53.4 Å². The predicted molar refractivity (Wildman–Crippen MR) is 84.0 cm³/mol. The second-order valence-electron chi connectivity index (χ2n) is 5.64. The van der Waals surface area contributed by atoms with Crippen molar-refractivity contribution in [3.8, 4) is 0 Å². The third-order valence-electron chi connectivity index (χ3n) is 4.08. The van der Waals surface area contributed by atoms with E-state index < -0.39 is 0 Å². The van der Waals surface area contributed by atoms with Crippen molar-refractivity contribution >= 4 is 11.7 Å². The second kappa shape index (κ2) is 6.87. The Labute approximate surface area is 126 Å². The normalized spacial score (nSPS) is 18.8. The lowest BCUT2D eigenvalue weighted by Gasteiger charge is -2.28. The molecule has 2 rings (SSSR count). The Morgan fingerprint density at radius 3 is 3.00 bits per heavy atom. The zero-order valence-electron chi connectivity index (χ0n) is 13.1. The van der Waals surface area contributed by atoms with Crippen LogP contribution >= 0.6 is 0 Å². The molecular weight excluding hydrogens is 266 g/mol. The maximum Gasteiger partial charge on any atom is 0.253 e. The molecule has 0 spiro atoms. The number of rotatable bonds is 5. The van der Waals surface area contributed by atoms with Gasteiger partial charge in [-0.3, -0.25) is 9.69 Å². The quantitative estimate of drug-likeness (QED) is 0.630. The minimum atomic E-state index is 0.0138. The molecule has 6 heteroatoms. The van der Waals surface area contributed by atoms with Gasteiger partial charge in [0.25, 0.3) is 5.91 Å².